The Hall–Kier alpha value is -2.43. The summed E-state index contributed by atoms with van der Waals surface area (Å²) in [5, 5.41) is 11.9. The average Bonchev–Trinajstić information content (AvgIpc) is 2.28. The predicted octanol–water partition coefficient (Wildman–Crippen LogP) is 2.54. The molecule has 92 valence electrons. The van der Waals surface area contributed by atoms with Gasteiger partial charge in [0.25, 0.3) is 0 Å². The van der Waals surface area contributed by atoms with Crippen LogP contribution in [0.3, 0.4) is 0 Å². The minimum absolute atomic E-state index is 0.116. The number of hydrogen-bond donors (Lipinski definition) is 2. The number of carboxylic acids is 1. The molecule has 0 amide bonds. The molecule has 5 nitrogen and oxygen atoms in total. The number of hydrogen-bond acceptors (Lipinski definition) is 4. The molecule has 0 aliphatic carbocycles. The lowest BCUT2D eigenvalue weighted by Crippen LogP contribution is -2.06. The molecule has 1 aromatic carbocycles. The van der Waals surface area contributed by atoms with E-state index in [0.717, 1.165) is 11.3 Å². The zero-order valence-corrected chi connectivity index (χ0v) is 10.1. The first kappa shape index (κ1) is 12.0. The van der Waals surface area contributed by atoms with Crippen molar-refractivity contribution in [2.24, 2.45) is 0 Å². The topological polar surface area (TPSA) is 75.1 Å². The van der Waals surface area contributed by atoms with Crippen LogP contribution in [0, 0.1) is 13.8 Å². The summed E-state index contributed by atoms with van der Waals surface area (Å²) in [7, 11) is 0. The van der Waals surface area contributed by atoms with Crippen LogP contribution in [0.4, 0.5) is 11.6 Å². The van der Waals surface area contributed by atoms with Gasteiger partial charge in [0, 0.05) is 11.9 Å². The van der Waals surface area contributed by atoms with E-state index in [9.17, 15) is 4.79 Å². The van der Waals surface area contributed by atoms with E-state index in [1.54, 1.807) is 6.92 Å². The summed E-state index contributed by atoms with van der Waals surface area (Å²) in [6.07, 6.45) is 1.31. The Balaban J connectivity index is 2.25. The van der Waals surface area contributed by atoms with Crippen LogP contribution in [-0.4, -0.2) is 21.0 Å². The van der Waals surface area contributed by atoms with Crippen molar-refractivity contribution in [2.45, 2.75) is 13.8 Å². The van der Waals surface area contributed by atoms with Gasteiger partial charge < -0.3 is 10.4 Å². The number of nitrogens with one attached hydrogen (secondary N) is 1. The number of aromatic nitrogens is 2. The van der Waals surface area contributed by atoms with Crippen LogP contribution >= 0.6 is 0 Å². The molecule has 0 fully saturated rings. The number of benzene rings is 1. The smallest absolute Gasteiger partial charge is 0.339 e. The standard InChI is InChI=1S/C13H13N3O2/c1-8-4-3-5-10(6-8)16-13-14-7-11(12(17)18)9(2)15-13/h3-7H,1-2H3,(H,17,18)(H,14,15,16). The molecule has 0 bridgehead atoms. The summed E-state index contributed by atoms with van der Waals surface area (Å²) in [6.45, 7) is 3.64. The van der Waals surface area contributed by atoms with Crippen molar-refractivity contribution in [3.8, 4) is 0 Å². The second-order valence-electron chi connectivity index (χ2n) is 3.99. The fourth-order valence-corrected chi connectivity index (χ4v) is 1.59. The fraction of sp³-hybridized carbons (Fsp3) is 0.154. The van der Waals surface area contributed by atoms with Crippen LogP contribution in [-0.2, 0) is 0 Å². The van der Waals surface area contributed by atoms with Crippen LogP contribution in [0.15, 0.2) is 30.5 Å². The summed E-state index contributed by atoms with van der Waals surface area (Å²) >= 11 is 0. The predicted molar refractivity (Wildman–Crippen MR) is 68.2 cm³/mol. The zero-order chi connectivity index (χ0) is 13.1. The van der Waals surface area contributed by atoms with Gasteiger partial charge >= 0.3 is 5.97 Å². The first-order valence-corrected chi connectivity index (χ1v) is 5.47. The van der Waals surface area contributed by atoms with Gasteiger partial charge in [-0.15, -0.1) is 0 Å². The van der Waals surface area contributed by atoms with E-state index < -0.39 is 5.97 Å². The Bertz CT molecular complexity index is 597. The Labute approximate surface area is 105 Å². The third kappa shape index (κ3) is 2.63. The molecule has 0 atom stereocenters. The number of aryl methyl sites for hydroxylation is 2. The molecular formula is C13H13N3O2. The average molecular weight is 243 g/mol. The van der Waals surface area contributed by atoms with Crippen molar-refractivity contribution in [1.29, 1.82) is 0 Å². The van der Waals surface area contributed by atoms with E-state index in [4.69, 9.17) is 5.11 Å². The summed E-state index contributed by atoms with van der Waals surface area (Å²) in [6, 6.07) is 7.78. The van der Waals surface area contributed by atoms with E-state index in [2.05, 4.69) is 15.3 Å². The van der Waals surface area contributed by atoms with E-state index in [0.29, 0.717) is 11.6 Å². The van der Waals surface area contributed by atoms with Crippen LogP contribution in [0.25, 0.3) is 0 Å². The van der Waals surface area contributed by atoms with Crippen LogP contribution in [0.2, 0.25) is 0 Å². The molecule has 2 N–H and O–H groups in total. The molecule has 0 unspecified atom stereocenters. The van der Waals surface area contributed by atoms with Crippen LogP contribution < -0.4 is 5.32 Å². The zero-order valence-electron chi connectivity index (χ0n) is 10.1. The summed E-state index contributed by atoms with van der Waals surface area (Å²) in [5.41, 5.74) is 2.55. The summed E-state index contributed by atoms with van der Waals surface area (Å²) in [5.74, 6) is -0.627. The van der Waals surface area contributed by atoms with Gasteiger partial charge in [-0.1, -0.05) is 12.1 Å². The van der Waals surface area contributed by atoms with Crippen molar-refractivity contribution in [3.63, 3.8) is 0 Å². The second-order valence-corrected chi connectivity index (χ2v) is 3.99. The lowest BCUT2D eigenvalue weighted by atomic mass is 10.2. The highest BCUT2D eigenvalue weighted by Crippen LogP contribution is 2.15. The molecule has 0 saturated carbocycles. The molecule has 0 saturated heterocycles. The van der Waals surface area contributed by atoms with Crippen molar-refractivity contribution in [3.05, 3.63) is 47.3 Å². The van der Waals surface area contributed by atoms with Crippen molar-refractivity contribution in [2.75, 3.05) is 5.32 Å². The van der Waals surface area contributed by atoms with Gasteiger partial charge in [-0.2, -0.15) is 0 Å². The van der Waals surface area contributed by atoms with Gasteiger partial charge in [-0.3, -0.25) is 0 Å². The highest BCUT2D eigenvalue weighted by Gasteiger charge is 2.09. The first-order valence-electron chi connectivity index (χ1n) is 5.47. The molecule has 0 radical (unpaired) electrons. The number of carboxylic acid groups (broad SMARTS) is 1. The maximum absolute atomic E-state index is 10.8. The number of nitrogens with zero attached hydrogens (tertiary/aromatic N) is 2. The molecule has 0 aliphatic rings. The van der Waals surface area contributed by atoms with E-state index in [-0.39, 0.29) is 5.56 Å². The minimum Gasteiger partial charge on any atom is -0.478 e. The number of aromatic carboxylic acids is 1. The number of rotatable bonds is 3. The molecule has 18 heavy (non-hydrogen) atoms. The molecule has 0 spiro atoms. The van der Waals surface area contributed by atoms with Gasteiger partial charge in [-0.05, 0) is 31.5 Å². The minimum atomic E-state index is -1.02. The van der Waals surface area contributed by atoms with E-state index in [1.165, 1.54) is 6.20 Å². The maximum atomic E-state index is 10.8. The van der Waals surface area contributed by atoms with Crippen LogP contribution in [0.1, 0.15) is 21.6 Å². The largest absolute Gasteiger partial charge is 0.478 e. The normalized spacial score (nSPS) is 10.1. The highest BCUT2D eigenvalue weighted by atomic mass is 16.4. The number of anilines is 2. The SMILES string of the molecule is Cc1cccc(Nc2ncc(C(=O)O)c(C)n2)c1. The van der Waals surface area contributed by atoms with Gasteiger partial charge in [0.15, 0.2) is 0 Å². The Morgan fingerprint density at radius 2 is 2.11 bits per heavy atom. The van der Waals surface area contributed by atoms with Crippen molar-refractivity contribution in [1.82, 2.24) is 9.97 Å². The van der Waals surface area contributed by atoms with E-state index in [1.807, 2.05) is 31.2 Å². The van der Waals surface area contributed by atoms with Gasteiger partial charge in [0.1, 0.15) is 0 Å². The Morgan fingerprint density at radius 1 is 1.33 bits per heavy atom. The highest BCUT2D eigenvalue weighted by molar-refractivity contribution is 5.88. The summed E-state index contributed by atoms with van der Waals surface area (Å²) in [4.78, 5) is 18.9. The van der Waals surface area contributed by atoms with Gasteiger partial charge in [-0.25, -0.2) is 14.8 Å². The first-order chi connectivity index (χ1) is 8.56. The Morgan fingerprint density at radius 3 is 2.72 bits per heavy atom. The third-order valence-electron chi connectivity index (χ3n) is 2.48. The van der Waals surface area contributed by atoms with E-state index >= 15 is 0 Å². The lowest BCUT2D eigenvalue weighted by Gasteiger charge is -2.07. The molecule has 1 aromatic heterocycles. The van der Waals surface area contributed by atoms with Crippen molar-refractivity contribution < 1.29 is 9.90 Å². The third-order valence-corrected chi connectivity index (χ3v) is 2.48. The second kappa shape index (κ2) is 4.83. The monoisotopic (exact) mass is 243 g/mol. The van der Waals surface area contributed by atoms with Crippen LogP contribution in [0.5, 0.6) is 0 Å². The van der Waals surface area contributed by atoms with Gasteiger partial charge in [0.05, 0.1) is 11.3 Å². The Kier molecular flexibility index (Phi) is 3.23. The number of carbonyl (C=O) groups is 1. The molecule has 2 rings (SSSR count). The van der Waals surface area contributed by atoms with Gasteiger partial charge in [0.2, 0.25) is 5.95 Å². The lowest BCUT2D eigenvalue weighted by molar-refractivity contribution is 0.0695. The molecule has 2 aromatic rings. The quantitative estimate of drug-likeness (QED) is 0.866. The summed E-state index contributed by atoms with van der Waals surface area (Å²) < 4.78 is 0. The molecule has 1 heterocycles. The maximum Gasteiger partial charge on any atom is 0.339 e. The molecule has 5 heteroatoms. The molecule has 0 aliphatic heterocycles. The fourth-order valence-electron chi connectivity index (χ4n) is 1.59. The molecular weight excluding hydrogens is 230 g/mol. The van der Waals surface area contributed by atoms with Crippen molar-refractivity contribution >= 4 is 17.6 Å².